The first-order chi connectivity index (χ1) is 17.1. The molecular weight excluding hydrogens is 438 g/mol. The second kappa shape index (κ2) is 12.2. The number of carbonyl (C=O) groups excluding carboxylic acids is 2. The highest BCUT2D eigenvalue weighted by Gasteiger charge is 2.32. The summed E-state index contributed by atoms with van der Waals surface area (Å²) in [6.07, 6.45) is 2.39. The topological polar surface area (TPSA) is 84.7 Å². The van der Waals surface area contributed by atoms with Gasteiger partial charge in [-0.15, -0.1) is 0 Å². The van der Waals surface area contributed by atoms with E-state index in [0.717, 1.165) is 35.4 Å². The largest absolute Gasteiger partial charge is 0.489 e. The van der Waals surface area contributed by atoms with Crippen LogP contribution >= 0.6 is 0 Å². The van der Waals surface area contributed by atoms with Gasteiger partial charge in [-0.1, -0.05) is 72.8 Å². The van der Waals surface area contributed by atoms with Crippen LogP contribution in [0, 0.1) is 0 Å². The van der Waals surface area contributed by atoms with E-state index in [0.29, 0.717) is 32.4 Å². The van der Waals surface area contributed by atoms with Gasteiger partial charge in [0.05, 0.1) is 6.04 Å². The molecule has 2 unspecified atom stereocenters. The van der Waals surface area contributed by atoms with E-state index in [1.54, 1.807) is 0 Å². The summed E-state index contributed by atoms with van der Waals surface area (Å²) in [4.78, 5) is 26.8. The van der Waals surface area contributed by atoms with E-state index in [4.69, 9.17) is 10.5 Å². The van der Waals surface area contributed by atoms with Gasteiger partial charge in [0, 0.05) is 25.6 Å². The van der Waals surface area contributed by atoms with Gasteiger partial charge in [0.25, 0.3) is 0 Å². The predicted octanol–water partition coefficient (Wildman–Crippen LogP) is 3.83. The van der Waals surface area contributed by atoms with Gasteiger partial charge >= 0.3 is 0 Å². The number of nitrogens with zero attached hydrogens (tertiary/aromatic N) is 1. The molecule has 6 heteroatoms. The molecule has 35 heavy (non-hydrogen) atoms. The Kier molecular flexibility index (Phi) is 8.52. The summed E-state index contributed by atoms with van der Waals surface area (Å²) in [5.41, 5.74) is 9.06. The second-order valence-corrected chi connectivity index (χ2v) is 9.08. The molecule has 6 nitrogen and oxygen atoms in total. The zero-order valence-electron chi connectivity index (χ0n) is 19.9. The van der Waals surface area contributed by atoms with E-state index in [9.17, 15) is 9.59 Å². The fourth-order valence-electron chi connectivity index (χ4n) is 4.50. The number of primary amides is 1. The van der Waals surface area contributed by atoms with Crippen molar-refractivity contribution in [2.75, 3.05) is 6.54 Å². The predicted molar refractivity (Wildman–Crippen MR) is 137 cm³/mol. The van der Waals surface area contributed by atoms with Crippen molar-refractivity contribution >= 4 is 11.8 Å². The Morgan fingerprint density at radius 1 is 0.886 bits per heavy atom. The third-order valence-electron chi connectivity index (χ3n) is 6.45. The summed E-state index contributed by atoms with van der Waals surface area (Å²) in [5, 5.41) is 3.11. The van der Waals surface area contributed by atoms with Crippen molar-refractivity contribution in [1.29, 1.82) is 0 Å². The Labute approximate surface area is 207 Å². The molecule has 2 atom stereocenters. The zero-order valence-corrected chi connectivity index (χ0v) is 19.9. The maximum atomic E-state index is 12.6. The monoisotopic (exact) mass is 471 g/mol. The molecule has 0 spiro atoms. The normalized spacial score (nSPS) is 18.1. The molecule has 2 amide bonds. The van der Waals surface area contributed by atoms with Crippen LogP contribution in [-0.2, 0) is 29.2 Å². The average Bonchev–Trinajstić information content (AvgIpc) is 2.89. The number of benzene rings is 3. The van der Waals surface area contributed by atoms with E-state index >= 15 is 0 Å². The standard InChI is InChI=1S/C29H33N3O3/c30-29(34)27-19-25(17-18-32(27)20-23-7-3-1-4-8-23)31-28(33)16-13-22-11-14-26(15-12-22)35-21-24-9-5-2-6-10-24/h1-12,14-15,25,27H,13,16-21H2,(H2,30,34)(H,31,33). The van der Waals surface area contributed by atoms with Crippen molar-refractivity contribution in [2.24, 2.45) is 5.73 Å². The quantitative estimate of drug-likeness (QED) is 0.471. The SMILES string of the molecule is NC(=O)C1CC(NC(=O)CCc2ccc(OCc3ccccc3)cc2)CCN1Cc1ccccc1. The van der Waals surface area contributed by atoms with Crippen LogP contribution in [0.5, 0.6) is 5.75 Å². The van der Waals surface area contributed by atoms with Crippen molar-refractivity contribution in [2.45, 2.75) is 50.9 Å². The van der Waals surface area contributed by atoms with Crippen LogP contribution in [-0.4, -0.2) is 35.3 Å². The number of nitrogens with one attached hydrogen (secondary N) is 1. The van der Waals surface area contributed by atoms with E-state index in [1.807, 2.05) is 84.9 Å². The number of rotatable bonds is 10. The molecule has 182 valence electrons. The van der Waals surface area contributed by atoms with Crippen molar-refractivity contribution < 1.29 is 14.3 Å². The number of likely N-dealkylation sites (tertiary alicyclic amines) is 1. The molecule has 0 aromatic heterocycles. The number of hydrogen-bond donors (Lipinski definition) is 2. The number of ether oxygens (including phenoxy) is 1. The fourth-order valence-corrected chi connectivity index (χ4v) is 4.50. The van der Waals surface area contributed by atoms with Crippen LogP contribution in [0.1, 0.15) is 36.0 Å². The molecule has 4 rings (SSSR count). The van der Waals surface area contributed by atoms with Crippen molar-refractivity contribution in [3.8, 4) is 5.75 Å². The van der Waals surface area contributed by atoms with Crippen LogP contribution in [0.4, 0.5) is 0 Å². The van der Waals surface area contributed by atoms with E-state index in [2.05, 4.69) is 10.2 Å². The van der Waals surface area contributed by atoms with Gasteiger partial charge in [0.15, 0.2) is 0 Å². The Bertz CT molecular complexity index is 1090. The lowest BCUT2D eigenvalue weighted by atomic mass is 9.95. The van der Waals surface area contributed by atoms with E-state index in [-0.39, 0.29) is 23.9 Å². The highest BCUT2D eigenvalue weighted by atomic mass is 16.5. The minimum Gasteiger partial charge on any atom is -0.489 e. The molecular formula is C29H33N3O3. The molecule has 0 saturated carbocycles. The van der Waals surface area contributed by atoms with Gasteiger partial charge in [-0.2, -0.15) is 0 Å². The molecule has 1 aliphatic rings. The third-order valence-corrected chi connectivity index (χ3v) is 6.45. The zero-order chi connectivity index (χ0) is 24.5. The lowest BCUT2D eigenvalue weighted by Gasteiger charge is -2.38. The Morgan fingerprint density at radius 3 is 2.20 bits per heavy atom. The van der Waals surface area contributed by atoms with Crippen molar-refractivity contribution in [3.63, 3.8) is 0 Å². The van der Waals surface area contributed by atoms with Crippen LogP contribution < -0.4 is 15.8 Å². The summed E-state index contributed by atoms with van der Waals surface area (Å²) < 4.78 is 5.83. The first-order valence-corrected chi connectivity index (χ1v) is 12.2. The molecule has 0 bridgehead atoms. The first kappa shape index (κ1) is 24.5. The first-order valence-electron chi connectivity index (χ1n) is 12.2. The number of hydrogen-bond acceptors (Lipinski definition) is 4. The fraction of sp³-hybridized carbons (Fsp3) is 0.310. The summed E-state index contributed by atoms with van der Waals surface area (Å²) in [7, 11) is 0. The Morgan fingerprint density at radius 2 is 1.54 bits per heavy atom. The summed E-state index contributed by atoms with van der Waals surface area (Å²) in [5.74, 6) is 0.468. The summed E-state index contributed by atoms with van der Waals surface area (Å²) >= 11 is 0. The lowest BCUT2D eigenvalue weighted by molar-refractivity contribution is -0.127. The van der Waals surface area contributed by atoms with Gasteiger partial charge < -0.3 is 15.8 Å². The number of piperidine rings is 1. The number of amides is 2. The lowest BCUT2D eigenvalue weighted by Crippen LogP contribution is -2.54. The highest BCUT2D eigenvalue weighted by molar-refractivity contribution is 5.80. The number of carbonyl (C=O) groups is 2. The molecule has 1 heterocycles. The average molecular weight is 472 g/mol. The molecule has 3 aromatic carbocycles. The van der Waals surface area contributed by atoms with Crippen molar-refractivity contribution in [3.05, 3.63) is 102 Å². The molecule has 3 aromatic rings. The van der Waals surface area contributed by atoms with Crippen LogP contribution in [0.2, 0.25) is 0 Å². The smallest absolute Gasteiger partial charge is 0.234 e. The van der Waals surface area contributed by atoms with Gasteiger partial charge in [0.1, 0.15) is 12.4 Å². The molecule has 0 radical (unpaired) electrons. The second-order valence-electron chi connectivity index (χ2n) is 9.08. The number of aryl methyl sites for hydroxylation is 1. The van der Waals surface area contributed by atoms with Gasteiger partial charge in [0.2, 0.25) is 11.8 Å². The number of nitrogens with two attached hydrogens (primary N) is 1. The molecule has 1 saturated heterocycles. The minimum absolute atomic E-state index is 0.000802. The summed E-state index contributed by atoms with van der Waals surface area (Å²) in [6.45, 7) is 1.93. The van der Waals surface area contributed by atoms with Crippen LogP contribution in [0.15, 0.2) is 84.9 Å². The van der Waals surface area contributed by atoms with E-state index in [1.165, 1.54) is 0 Å². The Balaban J connectivity index is 1.21. The van der Waals surface area contributed by atoms with Crippen LogP contribution in [0.25, 0.3) is 0 Å². The molecule has 1 fully saturated rings. The van der Waals surface area contributed by atoms with Gasteiger partial charge in [-0.25, -0.2) is 0 Å². The van der Waals surface area contributed by atoms with E-state index < -0.39 is 0 Å². The minimum atomic E-state index is -0.377. The summed E-state index contributed by atoms with van der Waals surface area (Å²) in [6, 6.07) is 27.6. The van der Waals surface area contributed by atoms with Crippen molar-refractivity contribution in [1.82, 2.24) is 10.2 Å². The molecule has 0 aliphatic carbocycles. The van der Waals surface area contributed by atoms with Gasteiger partial charge in [-0.3, -0.25) is 14.5 Å². The molecule has 1 aliphatic heterocycles. The maximum absolute atomic E-state index is 12.6. The van der Waals surface area contributed by atoms with Gasteiger partial charge in [-0.05, 0) is 48.1 Å². The molecule has 3 N–H and O–H groups in total. The van der Waals surface area contributed by atoms with Crippen LogP contribution in [0.3, 0.4) is 0 Å². The third kappa shape index (κ3) is 7.42. The Hall–Kier alpha value is -3.64. The maximum Gasteiger partial charge on any atom is 0.234 e. The highest BCUT2D eigenvalue weighted by Crippen LogP contribution is 2.21.